The summed E-state index contributed by atoms with van der Waals surface area (Å²) in [5, 5.41) is 9.74. The third-order valence-electron chi connectivity index (χ3n) is 4.71. The van der Waals surface area contributed by atoms with Gasteiger partial charge in [0.1, 0.15) is 0 Å². The maximum absolute atomic E-state index is 11.8. The molecule has 0 saturated carbocycles. The van der Waals surface area contributed by atoms with E-state index in [0.29, 0.717) is 6.04 Å². The molecule has 1 saturated heterocycles. The van der Waals surface area contributed by atoms with Crippen molar-refractivity contribution in [2.24, 2.45) is 0 Å². The lowest BCUT2D eigenvalue weighted by molar-refractivity contribution is 0.136. The lowest BCUT2D eigenvalue weighted by Crippen LogP contribution is -2.42. The van der Waals surface area contributed by atoms with Crippen LogP contribution in [0.1, 0.15) is 18.5 Å². The molecule has 0 amide bonds. The lowest BCUT2D eigenvalue weighted by atomic mass is 10.0. The van der Waals surface area contributed by atoms with E-state index >= 15 is 0 Å². The number of aromatic nitrogens is 1. The molecule has 6 nitrogen and oxygen atoms in total. The summed E-state index contributed by atoms with van der Waals surface area (Å²) in [5.41, 5.74) is 0.675. The molecule has 0 unspecified atom stereocenters. The van der Waals surface area contributed by atoms with Crippen LogP contribution >= 0.6 is 0 Å². The van der Waals surface area contributed by atoms with Crippen molar-refractivity contribution in [3.05, 3.63) is 28.2 Å². The molecule has 0 aliphatic carbocycles. The Labute approximate surface area is 138 Å². The zero-order valence-electron chi connectivity index (χ0n) is 14.8. The molecule has 1 aromatic rings. The Balaban J connectivity index is 2.10. The predicted molar refractivity (Wildman–Crippen MR) is 92.9 cm³/mol. The van der Waals surface area contributed by atoms with Crippen LogP contribution < -0.4 is 5.43 Å². The van der Waals surface area contributed by atoms with Gasteiger partial charge in [0.25, 0.3) is 0 Å². The molecule has 1 aliphatic rings. The summed E-state index contributed by atoms with van der Waals surface area (Å²) < 4.78 is 2.00. The number of rotatable bonds is 6. The number of hydrogen-bond acceptors (Lipinski definition) is 5. The summed E-state index contributed by atoms with van der Waals surface area (Å²) in [7, 11) is 8.33. The highest BCUT2D eigenvalue weighted by Crippen LogP contribution is 2.17. The van der Waals surface area contributed by atoms with Crippen molar-refractivity contribution in [1.82, 2.24) is 19.3 Å². The number of aromatic hydroxyl groups is 1. The average molecular weight is 322 g/mol. The summed E-state index contributed by atoms with van der Waals surface area (Å²) in [4.78, 5) is 18.6. The normalized spacial score (nSPS) is 17.3. The predicted octanol–water partition coefficient (Wildman–Crippen LogP) is 0.642. The van der Waals surface area contributed by atoms with E-state index in [1.54, 1.807) is 12.3 Å². The second kappa shape index (κ2) is 7.95. The smallest absolute Gasteiger partial charge is 0.223 e. The van der Waals surface area contributed by atoms with E-state index in [0.717, 1.165) is 51.3 Å². The van der Waals surface area contributed by atoms with Crippen molar-refractivity contribution >= 4 is 0 Å². The van der Waals surface area contributed by atoms with Gasteiger partial charge in [-0.1, -0.05) is 0 Å². The van der Waals surface area contributed by atoms with Crippen molar-refractivity contribution in [2.75, 3.05) is 47.8 Å². The third-order valence-corrected chi connectivity index (χ3v) is 4.71. The van der Waals surface area contributed by atoms with Gasteiger partial charge >= 0.3 is 0 Å². The van der Waals surface area contributed by atoms with Crippen LogP contribution in [0, 0.1) is 0 Å². The van der Waals surface area contributed by atoms with E-state index in [9.17, 15) is 9.90 Å². The van der Waals surface area contributed by atoms with Crippen molar-refractivity contribution in [2.45, 2.75) is 32.0 Å². The summed E-state index contributed by atoms with van der Waals surface area (Å²) in [5.74, 6) is -0.172. The number of likely N-dealkylation sites (N-methyl/N-ethyl adjacent to an activating group) is 1. The van der Waals surface area contributed by atoms with Gasteiger partial charge in [0.05, 0.1) is 6.20 Å². The Hall–Kier alpha value is -1.37. The Morgan fingerprint density at radius 2 is 1.91 bits per heavy atom. The van der Waals surface area contributed by atoms with Crippen LogP contribution in [0.2, 0.25) is 0 Å². The van der Waals surface area contributed by atoms with Gasteiger partial charge in [-0.05, 0) is 54.1 Å². The van der Waals surface area contributed by atoms with Crippen LogP contribution in [-0.2, 0) is 13.1 Å². The van der Waals surface area contributed by atoms with Crippen LogP contribution in [0.4, 0.5) is 0 Å². The van der Waals surface area contributed by atoms with Gasteiger partial charge < -0.3 is 19.5 Å². The first-order valence-electron chi connectivity index (χ1n) is 8.32. The van der Waals surface area contributed by atoms with E-state index in [1.165, 1.54) is 0 Å². The minimum Gasteiger partial charge on any atom is -0.503 e. The maximum atomic E-state index is 11.8. The van der Waals surface area contributed by atoms with Gasteiger partial charge in [-0.2, -0.15) is 0 Å². The van der Waals surface area contributed by atoms with Gasteiger partial charge in [0.15, 0.2) is 5.75 Å². The monoisotopic (exact) mass is 322 g/mol. The van der Waals surface area contributed by atoms with Crippen LogP contribution in [0.3, 0.4) is 0 Å². The molecular weight excluding hydrogens is 292 g/mol. The van der Waals surface area contributed by atoms with E-state index in [-0.39, 0.29) is 11.2 Å². The van der Waals surface area contributed by atoms with Crippen molar-refractivity contribution in [3.63, 3.8) is 0 Å². The largest absolute Gasteiger partial charge is 0.503 e. The molecule has 23 heavy (non-hydrogen) atoms. The van der Waals surface area contributed by atoms with Crippen LogP contribution in [-0.4, -0.2) is 78.2 Å². The molecule has 1 fully saturated rings. The van der Waals surface area contributed by atoms with Crippen molar-refractivity contribution in [3.8, 4) is 5.75 Å². The molecule has 0 radical (unpaired) electrons. The van der Waals surface area contributed by atoms with Crippen LogP contribution in [0.15, 0.2) is 17.1 Å². The molecule has 130 valence electrons. The summed E-state index contributed by atoms with van der Waals surface area (Å²) in [6.45, 7) is 4.61. The molecule has 0 aromatic carbocycles. The number of hydrogen-bond donors (Lipinski definition) is 1. The Morgan fingerprint density at radius 3 is 2.52 bits per heavy atom. The molecule has 2 heterocycles. The van der Waals surface area contributed by atoms with Gasteiger partial charge in [0.2, 0.25) is 5.43 Å². The van der Waals surface area contributed by atoms with Crippen molar-refractivity contribution < 1.29 is 5.11 Å². The number of likely N-dealkylation sites (tertiary alicyclic amines) is 1. The Bertz CT molecular complexity index is 562. The molecule has 1 aliphatic heterocycles. The zero-order valence-corrected chi connectivity index (χ0v) is 14.8. The maximum Gasteiger partial charge on any atom is 0.223 e. The van der Waals surface area contributed by atoms with Gasteiger partial charge in [-0.25, -0.2) is 0 Å². The second-order valence-corrected chi connectivity index (χ2v) is 6.96. The Kier molecular flexibility index (Phi) is 6.21. The number of piperidine rings is 1. The molecule has 0 bridgehead atoms. The summed E-state index contributed by atoms with van der Waals surface area (Å²) in [6.07, 6.45) is 3.89. The molecular formula is C17H30N4O2. The topological polar surface area (TPSA) is 52.0 Å². The Morgan fingerprint density at radius 1 is 1.26 bits per heavy atom. The van der Waals surface area contributed by atoms with Crippen molar-refractivity contribution in [1.29, 1.82) is 0 Å². The fraction of sp³-hybridized carbons (Fsp3) is 0.706. The fourth-order valence-electron chi connectivity index (χ4n) is 3.08. The molecule has 1 N–H and O–H groups in total. The van der Waals surface area contributed by atoms with E-state index in [1.807, 2.05) is 18.7 Å². The molecule has 0 atom stereocenters. The highest BCUT2D eigenvalue weighted by atomic mass is 16.3. The van der Waals surface area contributed by atoms with Crippen LogP contribution in [0.5, 0.6) is 5.75 Å². The highest BCUT2D eigenvalue weighted by molar-refractivity contribution is 5.20. The number of nitrogens with zero attached hydrogens (tertiary/aromatic N) is 4. The average Bonchev–Trinajstić information content (AvgIpc) is 2.49. The minimum atomic E-state index is -0.294. The van der Waals surface area contributed by atoms with Gasteiger partial charge in [-0.15, -0.1) is 0 Å². The zero-order chi connectivity index (χ0) is 17.0. The highest BCUT2D eigenvalue weighted by Gasteiger charge is 2.21. The first kappa shape index (κ1) is 18.0. The number of pyridine rings is 1. The molecule has 6 heteroatoms. The van der Waals surface area contributed by atoms with Crippen LogP contribution in [0.25, 0.3) is 0 Å². The third kappa shape index (κ3) is 5.06. The van der Waals surface area contributed by atoms with Gasteiger partial charge in [0, 0.05) is 37.4 Å². The quantitative estimate of drug-likeness (QED) is 0.833. The van der Waals surface area contributed by atoms with E-state index in [4.69, 9.17) is 0 Å². The summed E-state index contributed by atoms with van der Waals surface area (Å²) >= 11 is 0. The molecule has 1 aromatic heterocycles. The standard InChI is InChI=1S/C17H30N4O2/c1-18(2)9-10-21-13-17(23)16(22)11-15(21)12-20(4)14-5-7-19(3)8-6-14/h11,13-14,23H,5-10,12H2,1-4H3. The van der Waals surface area contributed by atoms with E-state index < -0.39 is 0 Å². The first-order chi connectivity index (χ1) is 10.9. The fourth-order valence-corrected chi connectivity index (χ4v) is 3.08. The molecule has 0 spiro atoms. The van der Waals surface area contributed by atoms with Gasteiger partial charge in [-0.3, -0.25) is 9.69 Å². The second-order valence-electron chi connectivity index (χ2n) is 6.96. The minimum absolute atomic E-state index is 0.172. The lowest BCUT2D eigenvalue weighted by Gasteiger charge is -2.35. The first-order valence-corrected chi connectivity index (χ1v) is 8.32. The summed E-state index contributed by atoms with van der Waals surface area (Å²) in [6, 6.07) is 2.13. The van der Waals surface area contributed by atoms with E-state index in [2.05, 4.69) is 28.8 Å². The molecule has 2 rings (SSSR count). The SMILES string of the molecule is CN(C)CCn1cc(O)c(=O)cc1CN(C)C1CCN(C)CC1.